The maximum Gasteiger partial charge on any atom is 0.410 e. The number of amides is 3. The number of nitrogens with zero attached hydrogens (tertiary/aromatic N) is 1. The van der Waals surface area contributed by atoms with Crippen LogP contribution in [0.1, 0.15) is 40.6 Å². The average molecular weight is 514 g/mol. The van der Waals surface area contributed by atoms with Crippen LogP contribution in [0.2, 0.25) is 5.02 Å². The Bertz CT molecular complexity index is 1160. The van der Waals surface area contributed by atoms with Crippen LogP contribution in [-0.2, 0) is 32.3 Å². The Morgan fingerprint density at radius 1 is 1.24 bits per heavy atom. The molecule has 2 heterocycles. The zero-order valence-electron chi connectivity index (χ0n) is 17.9. The second-order valence-corrected chi connectivity index (χ2v) is 11.0. The minimum Gasteiger partial charge on any atom is -0.450 e. The van der Waals surface area contributed by atoms with E-state index >= 15 is 0 Å². The quantitative estimate of drug-likeness (QED) is 0.556. The molecule has 0 unspecified atom stereocenters. The Morgan fingerprint density at radius 3 is 2.58 bits per heavy atom. The number of hydrogen-bond acceptors (Lipinski definition) is 7. The van der Waals surface area contributed by atoms with Gasteiger partial charge in [0.15, 0.2) is 9.84 Å². The molecule has 3 rings (SSSR count). The van der Waals surface area contributed by atoms with Crippen LogP contribution in [0.5, 0.6) is 0 Å². The van der Waals surface area contributed by atoms with Crippen molar-refractivity contribution in [2.75, 3.05) is 24.2 Å². The van der Waals surface area contributed by atoms with Gasteiger partial charge in [-0.2, -0.15) is 0 Å². The first kappa shape index (κ1) is 25.0. The van der Waals surface area contributed by atoms with E-state index < -0.39 is 27.7 Å². The van der Waals surface area contributed by atoms with Gasteiger partial charge in [-0.3, -0.25) is 9.59 Å². The number of nitrogens with one attached hydrogen (secondary N) is 1. The van der Waals surface area contributed by atoms with Crippen LogP contribution in [-0.4, -0.2) is 50.1 Å². The number of primary amides is 1. The predicted octanol–water partition coefficient (Wildman–Crippen LogP) is 3.21. The largest absolute Gasteiger partial charge is 0.450 e. The van der Waals surface area contributed by atoms with E-state index in [9.17, 15) is 22.8 Å². The molecule has 3 N–H and O–H groups in total. The molecule has 1 aliphatic heterocycles. The standard InChI is InChI=1S/C21H24ClN3O6S2/c1-2-31-21(28)25-10-9-15-16(12-25)32-20(18(15)19(23)27)24-17(26)4-3-11-33(29,30)14-7-5-13(22)6-8-14/h5-8H,2-4,9-12H2,1H3,(H2,23,27)(H,24,26). The van der Waals surface area contributed by atoms with E-state index in [-0.39, 0.29) is 42.2 Å². The van der Waals surface area contributed by atoms with Gasteiger partial charge in [0.1, 0.15) is 5.00 Å². The summed E-state index contributed by atoms with van der Waals surface area (Å²) in [5, 5.41) is 3.43. The second-order valence-electron chi connectivity index (χ2n) is 7.37. The number of benzene rings is 1. The molecule has 0 atom stereocenters. The van der Waals surface area contributed by atoms with Crippen LogP contribution >= 0.6 is 22.9 Å². The monoisotopic (exact) mass is 513 g/mol. The van der Waals surface area contributed by atoms with Crippen LogP contribution in [0.3, 0.4) is 0 Å². The van der Waals surface area contributed by atoms with E-state index in [1.807, 2.05) is 0 Å². The average Bonchev–Trinajstić information content (AvgIpc) is 3.11. The molecule has 0 spiro atoms. The van der Waals surface area contributed by atoms with Crippen molar-refractivity contribution in [3.8, 4) is 0 Å². The summed E-state index contributed by atoms with van der Waals surface area (Å²) in [6.07, 6.45) is 0.0233. The summed E-state index contributed by atoms with van der Waals surface area (Å²) in [4.78, 5) is 39.0. The predicted molar refractivity (Wildman–Crippen MR) is 125 cm³/mol. The highest BCUT2D eigenvalue weighted by molar-refractivity contribution is 7.91. The highest BCUT2D eigenvalue weighted by Crippen LogP contribution is 2.37. The van der Waals surface area contributed by atoms with Crippen molar-refractivity contribution in [1.82, 2.24) is 4.90 Å². The van der Waals surface area contributed by atoms with Gasteiger partial charge in [0.05, 0.1) is 29.4 Å². The summed E-state index contributed by atoms with van der Waals surface area (Å²) in [6, 6.07) is 5.83. The van der Waals surface area contributed by atoms with Crippen molar-refractivity contribution in [3.63, 3.8) is 0 Å². The fraction of sp³-hybridized carbons (Fsp3) is 0.381. The van der Waals surface area contributed by atoms with Crippen molar-refractivity contribution in [2.24, 2.45) is 5.73 Å². The third-order valence-corrected chi connectivity index (χ3v) is 8.27. The van der Waals surface area contributed by atoms with Crippen molar-refractivity contribution in [2.45, 2.75) is 37.6 Å². The van der Waals surface area contributed by atoms with Crippen LogP contribution in [0.25, 0.3) is 0 Å². The molecule has 1 aromatic heterocycles. The first-order chi connectivity index (χ1) is 15.6. The second kappa shape index (κ2) is 10.5. The molecule has 12 heteroatoms. The lowest BCUT2D eigenvalue weighted by molar-refractivity contribution is -0.116. The lowest BCUT2D eigenvalue weighted by Crippen LogP contribution is -2.36. The van der Waals surface area contributed by atoms with Gasteiger partial charge in [-0.25, -0.2) is 13.2 Å². The molecule has 178 valence electrons. The topological polar surface area (TPSA) is 136 Å². The lowest BCUT2D eigenvalue weighted by Gasteiger charge is -2.26. The number of halogens is 1. The van der Waals surface area contributed by atoms with Crippen molar-refractivity contribution in [3.05, 3.63) is 45.3 Å². The zero-order chi connectivity index (χ0) is 24.2. The Kier molecular flexibility index (Phi) is 7.98. The molecular formula is C21H24ClN3O6S2. The van der Waals surface area contributed by atoms with Gasteiger partial charge >= 0.3 is 6.09 Å². The van der Waals surface area contributed by atoms with E-state index in [1.54, 1.807) is 6.92 Å². The molecule has 0 saturated carbocycles. The molecule has 2 aromatic rings. The van der Waals surface area contributed by atoms with Gasteiger partial charge in [-0.1, -0.05) is 11.6 Å². The summed E-state index contributed by atoms with van der Waals surface area (Å²) < 4.78 is 29.9. The van der Waals surface area contributed by atoms with Crippen LogP contribution in [0, 0.1) is 0 Å². The summed E-state index contributed by atoms with van der Waals surface area (Å²) in [5.74, 6) is -1.30. The van der Waals surface area contributed by atoms with Crippen molar-refractivity contribution in [1.29, 1.82) is 0 Å². The number of fused-ring (bicyclic) bond motifs is 1. The van der Waals surface area contributed by atoms with Gasteiger partial charge in [0, 0.05) is 22.9 Å². The Hall–Kier alpha value is -2.63. The SMILES string of the molecule is CCOC(=O)N1CCc2c(sc(NC(=O)CCCS(=O)(=O)c3ccc(Cl)cc3)c2C(N)=O)C1. The van der Waals surface area contributed by atoms with Crippen molar-refractivity contribution >= 4 is 55.7 Å². The third kappa shape index (κ3) is 6.04. The molecule has 1 aromatic carbocycles. The van der Waals surface area contributed by atoms with Gasteiger partial charge in [0.25, 0.3) is 5.91 Å². The minimum atomic E-state index is -3.55. The Labute approximate surface area is 200 Å². The van der Waals surface area contributed by atoms with Gasteiger partial charge in [0.2, 0.25) is 5.91 Å². The van der Waals surface area contributed by atoms with Crippen LogP contribution in [0.15, 0.2) is 29.2 Å². The first-order valence-electron chi connectivity index (χ1n) is 10.3. The lowest BCUT2D eigenvalue weighted by atomic mass is 10.0. The highest BCUT2D eigenvalue weighted by atomic mass is 35.5. The van der Waals surface area contributed by atoms with E-state index in [0.29, 0.717) is 28.6 Å². The summed E-state index contributed by atoms with van der Waals surface area (Å²) in [7, 11) is -3.55. The Morgan fingerprint density at radius 2 is 1.94 bits per heavy atom. The number of anilines is 1. The van der Waals surface area contributed by atoms with Gasteiger partial charge < -0.3 is 20.7 Å². The molecule has 9 nitrogen and oxygen atoms in total. The number of nitrogens with two attached hydrogens (primary N) is 1. The van der Waals surface area contributed by atoms with Crippen LogP contribution < -0.4 is 11.1 Å². The molecular weight excluding hydrogens is 490 g/mol. The summed E-state index contributed by atoms with van der Waals surface area (Å²) in [5.41, 5.74) is 6.51. The number of rotatable bonds is 8. The van der Waals surface area contributed by atoms with E-state index in [2.05, 4.69) is 5.32 Å². The van der Waals surface area contributed by atoms with Crippen LogP contribution in [0.4, 0.5) is 9.80 Å². The fourth-order valence-electron chi connectivity index (χ4n) is 3.49. The fourth-order valence-corrected chi connectivity index (χ4v) is 6.22. The molecule has 0 bridgehead atoms. The first-order valence-corrected chi connectivity index (χ1v) is 13.1. The third-order valence-electron chi connectivity index (χ3n) is 5.07. The maximum atomic E-state index is 12.5. The molecule has 0 radical (unpaired) electrons. The molecule has 0 aliphatic carbocycles. The molecule has 3 amide bonds. The van der Waals surface area contributed by atoms with E-state index in [0.717, 1.165) is 4.88 Å². The van der Waals surface area contributed by atoms with Gasteiger partial charge in [-0.15, -0.1) is 11.3 Å². The molecule has 0 fully saturated rings. The minimum absolute atomic E-state index is 0.0530. The van der Waals surface area contributed by atoms with Gasteiger partial charge in [-0.05, 0) is 49.6 Å². The smallest absolute Gasteiger partial charge is 0.410 e. The maximum absolute atomic E-state index is 12.5. The normalized spacial score (nSPS) is 13.3. The number of hydrogen-bond donors (Lipinski definition) is 2. The van der Waals surface area contributed by atoms with E-state index in [4.69, 9.17) is 22.1 Å². The molecule has 33 heavy (non-hydrogen) atoms. The number of thiophene rings is 1. The highest BCUT2D eigenvalue weighted by Gasteiger charge is 2.30. The number of carbonyl (C=O) groups is 3. The van der Waals surface area contributed by atoms with E-state index in [1.165, 1.54) is 40.5 Å². The zero-order valence-corrected chi connectivity index (χ0v) is 20.3. The molecule has 1 aliphatic rings. The Balaban J connectivity index is 1.64. The number of carbonyl (C=O) groups excluding carboxylic acids is 3. The summed E-state index contributed by atoms with van der Waals surface area (Å²) in [6.45, 7) is 2.61. The summed E-state index contributed by atoms with van der Waals surface area (Å²) >= 11 is 6.97. The molecule has 0 saturated heterocycles. The number of ether oxygens (including phenoxy) is 1. The number of sulfone groups is 1. The van der Waals surface area contributed by atoms with Crippen molar-refractivity contribution < 1.29 is 27.5 Å².